The Kier molecular flexibility index (Phi) is 5.81. The van der Waals surface area contributed by atoms with Crippen LogP contribution in [0.3, 0.4) is 0 Å². The monoisotopic (exact) mass is 185 g/mol. The maximum atomic E-state index is 5.33. The zero-order valence-electron chi connectivity index (χ0n) is 8.29. The Morgan fingerprint density at radius 1 is 1.23 bits per heavy atom. The predicted molar refractivity (Wildman–Crippen MR) is 52.9 cm³/mol. The second-order valence-corrected chi connectivity index (χ2v) is 3.20. The van der Waals surface area contributed by atoms with Crippen molar-refractivity contribution in [3.05, 3.63) is 12.2 Å². The summed E-state index contributed by atoms with van der Waals surface area (Å²) < 4.78 is 10.2. The molecule has 0 aromatic carbocycles. The van der Waals surface area contributed by atoms with Gasteiger partial charge in [0.15, 0.2) is 0 Å². The lowest BCUT2D eigenvalue weighted by Gasteiger charge is -2.11. The van der Waals surface area contributed by atoms with Crippen molar-refractivity contribution in [3.63, 3.8) is 0 Å². The molecule has 0 fully saturated rings. The largest absolute Gasteiger partial charge is 0.382 e. The van der Waals surface area contributed by atoms with Gasteiger partial charge in [0.25, 0.3) is 0 Å². The van der Waals surface area contributed by atoms with E-state index in [0.29, 0.717) is 19.3 Å². The molecule has 0 aromatic heterocycles. The number of methoxy groups -OCH3 is 1. The number of nitrogens with one attached hydrogen (secondary N) is 1. The molecule has 0 saturated carbocycles. The lowest BCUT2D eigenvalue weighted by molar-refractivity contribution is 0.0712. The Hall–Kier alpha value is -0.380. The highest BCUT2D eigenvalue weighted by molar-refractivity contribution is 4.97. The Balaban J connectivity index is 1.78. The molecule has 76 valence electrons. The van der Waals surface area contributed by atoms with E-state index in [9.17, 15) is 0 Å². The van der Waals surface area contributed by atoms with Crippen LogP contribution in [0.15, 0.2) is 12.2 Å². The minimum atomic E-state index is 0.644. The van der Waals surface area contributed by atoms with Crippen LogP contribution >= 0.6 is 0 Å². The maximum absolute atomic E-state index is 5.33. The van der Waals surface area contributed by atoms with Crippen molar-refractivity contribution in [1.82, 2.24) is 5.32 Å². The molecular formula is C10H19NO2. The molecule has 0 aromatic rings. The first-order valence-electron chi connectivity index (χ1n) is 4.88. The lowest BCUT2D eigenvalue weighted by Crippen LogP contribution is -2.29. The van der Waals surface area contributed by atoms with Gasteiger partial charge in [-0.25, -0.2) is 0 Å². The van der Waals surface area contributed by atoms with Gasteiger partial charge in [-0.2, -0.15) is 0 Å². The highest BCUT2D eigenvalue weighted by atomic mass is 16.5. The summed E-state index contributed by atoms with van der Waals surface area (Å²) in [6, 6.07) is 0.644. The third kappa shape index (κ3) is 5.03. The van der Waals surface area contributed by atoms with E-state index in [1.807, 2.05) is 0 Å². The van der Waals surface area contributed by atoms with Gasteiger partial charge in [-0.3, -0.25) is 0 Å². The zero-order chi connectivity index (χ0) is 9.36. The summed E-state index contributed by atoms with van der Waals surface area (Å²) in [5.74, 6) is 0. The van der Waals surface area contributed by atoms with Crippen LogP contribution in [0.5, 0.6) is 0 Å². The highest BCUT2D eigenvalue weighted by Crippen LogP contribution is 2.08. The molecule has 0 atom stereocenters. The summed E-state index contributed by atoms with van der Waals surface area (Å²) >= 11 is 0. The average Bonchev–Trinajstić information content (AvgIpc) is 2.63. The SMILES string of the molecule is COCCOCCNC1CC=CC1. The Labute approximate surface area is 80.1 Å². The molecule has 0 aliphatic heterocycles. The lowest BCUT2D eigenvalue weighted by atomic mass is 10.2. The molecule has 0 bridgehead atoms. The van der Waals surface area contributed by atoms with Crippen molar-refractivity contribution < 1.29 is 9.47 Å². The summed E-state index contributed by atoms with van der Waals surface area (Å²) in [6.45, 7) is 3.10. The van der Waals surface area contributed by atoms with Crippen molar-refractivity contribution in [3.8, 4) is 0 Å². The summed E-state index contributed by atoms with van der Waals surface area (Å²) in [7, 11) is 1.69. The zero-order valence-corrected chi connectivity index (χ0v) is 8.29. The summed E-state index contributed by atoms with van der Waals surface area (Å²) in [6.07, 6.45) is 6.78. The van der Waals surface area contributed by atoms with E-state index in [0.717, 1.165) is 26.0 Å². The first-order chi connectivity index (χ1) is 6.43. The van der Waals surface area contributed by atoms with Gasteiger partial charge in [-0.1, -0.05) is 12.2 Å². The third-order valence-corrected chi connectivity index (χ3v) is 2.12. The molecule has 0 saturated heterocycles. The van der Waals surface area contributed by atoms with Crippen LogP contribution in [0.1, 0.15) is 12.8 Å². The quantitative estimate of drug-likeness (QED) is 0.473. The Morgan fingerprint density at radius 2 is 2.00 bits per heavy atom. The van der Waals surface area contributed by atoms with Gasteiger partial charge < -0.3 is 14.8 Å². The number of hydrogen-bond donors (Lipinski definition) is 1. The van der Waals surface area contributed by atoms with E-state index >= 15 is 0 Å². The number of ether oxygens (including phenoxy) is 2. The fourth-order valence-electron chi connectivity index (χ4n) is 1.36. The molecule has 1 aliphatic carbocycles. The molecule has 0 heterocycles. The Bertz CT molecular complexity index is 140. The number of hydrogen-bond acceptors (Lipinski definition) is 3. The van der Waals surface area contributed by atoms with E-state index in [1.54, 1.807) is 7.11 Å². The van der Waals surface area contributed by atoms with Gasteiger partial charge in [0.1, 0.15) is 0 Å². The van der Waals surface area contributed by atoms with Gasteiger partial charge in [0.2, 0.25) is 0 Å². The van der Waals surface area contributed by atoms with Crippen LogP contribution in [0.2, 0.25) is 0 Å². The first kappa shape index (κ1) is 10.7. The van der Waals surface area contributed by atoms with Crippen LogP contribution < -0.4 is 5.32 Å². The second kappa shape index (κ2) is 7.06. The fourth-order valence-corrected chi connectivity index (χ4v) is 1.36. The molecule has 13 heavy (non-hydrogen) atoms. The van der Waals surface area contributed by atoms with Gasteiger partial charge in [-0.05, 0) is 12.8 Å². The molecule has 0 spiro atoms. The summed E-state index contributed by atoms with van der Waals surface area (Å²) in [5, 5.41) is 3.43. The van der Waals surface area contributed by atoms with Gasteiger partial charge in [-0.15, -0.1) is 0 Å². The third-order valence-electron chi connectivity index (χ3n) is 2.12. The van der Waals surface area contributed by atoms with E-state index in [-0.39, 0.29) is 0 Å². The first-order valence-corrected chi connectivity index (χ1v) is 4.88. The minimum absolute atomic E-state index is 0.644. The molecular weight excluding hydrogens is 166 g/mol. The molecule has 0 amide bonds. The van der Waals surface area contributed by atoms with Gasteiger partial charge in [0.05, 0.1) is 19.8 Å². The molecule has 3 nitrogen and oxygen atoms in total. The van der Waals surface area contributed by atoms with E-state index < -0.39 is 0 Å². The molecule has 0 radical (unpaired) electrons. The van der Waals surface area contributed by atoms with E-state index in [4.69, 9.17) is 9.47 Å². The van der Waals surface area contributed by atoms with E-state index in [1.165, 1.54) is 0 Å². The van der Waals surface area contributed by atoms with Crippen molar-refractivity contribution in [2.24, 2.45) is 0 Å². The highest BCUT2D eigenvalue weighted by Gasteiger charge is 2.07. The number of rotatable bonds is 7. The fraction of sp³-hybridized carbons (Fsp3) is 0.800. The summed E-state index contributed by atoms with van der Waals surface area (Å²) in [4.78, 5) is 0. The molecule has 1 rings (SSSR count). The van der Waals surface area contributed by atoms with Gasteiger partial charge >= 0.3 is 0 Å². The Morgan fingerprint density at radius 3 is 2.69 bits per heavy atom. The molecule has 3 heteroatoms. The standard InChI is InChI=1S/C10H19NO2/c1-12-8-9-13-7-6-11-10-4-2-3-5-10/h2-3,10-11H,4-9H2,1H3. The minimum Gasteiger partial charge on any atom is -0.382 e. The summed E-state index contributed by atoms with van der Waals surface area (Å²) in [5.41, 5.74) is 0. The van der Waals surface area contributed by atoms with Gasteiger partial charge in [0, 0.05) is 19.7 Å². The molecule has 0 unspecified atom stereocenters. The van der Waals surface area contributed by atoms with Crippen molar-refractivity contribution in [2.45, 2.75) is 18.9 Å². The van der Waals surface area contributed by atoms with Crippen LogP contribution in [0.4, 0.5) is 0 Å². The predicted octanol–water partition coefficient (Wildman–Crippen LogP) is 0.958. The van der Waals surface area contributed by atoms with Crippen LogP contribution in [-0.2, 0) is 9.47 Å². The van der Waals surface area contributed by atoms with Crippen molar-refractivity contribution >= 4 is 0 Å². The van der Waals surface area contributed by atoms with Crippen LogP contribution in [0.25, 0.3) is 0 Å². The maximum Gasteiger partial charge on any atom is 0.0700 e. The second-order valence-electron chi connectivity index (χ2n) is 3.20. The van der Waals surface area contributed by atoms with Crippen molar-refractivity contribution in [2.75, 3.05) is 33.5 Å². The smallest absolute Gasteiger partial charge is 0.0700 e. The van der Waals surface area contributed by atoms with Crippen LogP contribution in [0, 0.1) is 0 Å². The van der Waals surface area contributed by atoms with Crippen LogP contribution in [-0.4, -0.2) is 39.5 Å². The molecule has 1 aliphatic rings. The topological polar surface area (TPSA) is 30.5 Å². The van der Waals surface area contributed by atoms with Crippen molar-refractivity contribution in [1.29, 1.82) is 0 Å². The average molecular weight is 185 g/mol. The van der Waals surface area contributed by atoms with E-state index in [2.05, 4.69) is 17.5 Å². The normalized spacial score (nSPS) is 17.0. The molecule has 1 N–H and O–H groups in total.